The second-order valence-electron chi connectivity index (χ2n) is 3.64. The first-order chi connectivity index (χ1) is 8.56. The van der Waals surface area contributed by atoms with Gasteiger partial charge in [-0.25, -0.2) is 9.97 Å². The number of hydrogen-bond donors (Lipinski definition) is 1. The van der Waals surface area contributed by atoms with Crippen LogP contribution in [0.15, 0.2) is 30.6 Å². The molecule has 0 saturated heterocycles. The topological polar surface area (TPSA) is 54.9 Å². The maximum atomic E-state index is 11.9. The minimum absolute atomic E-state index is 0.272. The maximum absolute atomic E-state index is 11.9. The molecule has 0 atom stereocenters. The lowest BCUT2D eigenvalue weighted by molar-refractivity contribution is 0.102. The van der Waals surface area contributed by atoms with E-state index >= 15 is 0 Å². The number of hydrogen-bond acceptors (Lipinski definition) is 3. The molecule has 0 radical (unpaired) electrons. The van der Waals surface area contributed by atoms with E-state index in [1.807, 2.05) is 6.92 Å². The van der Waals surface area contributed by atoms with E-state index in [2.05, 4.69) is 15.3 Å². The van der Waals surface area contributed by atoms with Crippen LogP contribution in [0.25, 0.3) is 0 Å². The van der Waals surface area contributed by atoms with Gasteiger partial charge in [-0.1, -0.05) is 23.2 Å². The summed E-state index contributed by atoms with van der Waals surface area (Å²) < 4.78 is 0. The summed E-state index contributed by atoms with van der Waals surface area (Å²) in [5.41, 5.74) is 1.88. The average molecular weight is 282 g/mol. The molecule has 0 aliphatic carbocycles. The van der Waals surface area contributed by atoms with Gasteiger partial charge < -0.3 is 5.32 Å². The normalized spacial score (nSPS) is 10.2. The number of pyridine rings is 2. The Morgan fingerprint density at radius 2 is 1.94 bits per heavy atom. The van der Waals surface area contributed by atoms with Gasteiger partial charge >= 0.3 is 0 Å². The molecule has 0 saturated carbocycles. The molecular weight excluding hydrogens is 273 g/mol. The minimum Gasteiger partial charge on any atom is -0.320 e. The van der Waals surface area contributed by atoms with Crippen molar-refractivity contribution in [2.45, 2.75) is 6.92 Å². The molecule has 0 aliphatic rings. The number of halogens is 2. The van der Waals surface area contributed by atoms with Crippen LogP contribution in [0.1, 0.15) is 15.9 Å². The Bertz CT molecular complexity index is 602. The van der Waals surface area contributed by atoms with Gasteiger partial charge in [0, 0.05) is 11.8 Å². The smallest absolute Gasteiger partial charge is 0.255 e. The molecule has 2 aromatic heterocycles. The molecule has 1 N–H and O–H groups in total. The third kappa shape index (κ3) is 2.97. The molecule has 6 heteroatoms. The zero-order valence-corrected chi connectivity index (χ0v) is 11.0. The first kappa shape index (κ1) is 12.8. The molecule has 0 spiro atoms. The number of nitrogens with zero attached hydrogens (tertiary/aromatic N) is 2. The SMILES string of the molecule is Cc1cc(Cl)ncc1NC(=O)c1ccnc(Cl)c1. The molecule has 0 unspecified atom stereocenters. The fourth-order valence-corrected chi connectivity index (χ4v) is 1.78. The predicted octanol–water partition coefficient (Wildman–Crippen LogP) is 3.34. The van der Waals surface area contributed by atoms with Crippen LogP contribution in [0.3, 0.4) is 0 Å². The highest BCUT2D eigenvalue weighted by Gasteiger charge is 2.09. The van der Waals surface area contributed by atoms with Crippen LogP contribution in [0.4, 0.5) is 5.69 Å². The molecule has 0 fully saturated rings. The lowest BCUT2D eigenvalue weighted by Gasteiger charge is -2.08. The third-order valence-corrected chi connectivity index (χ3v) is 2.73. The summed E-state index contributed by atoms with van der Waals surface area (Å²) in [4.78, 5) is 19.7. The molecule has 18 heavy (non-hydrogen) atoms. The minimum atomic E-state index is -0.272. The van der Waals surface area contributed by atoms with E-state index in [-0.39, 0.29) is 11.1 Å². The Hall–Kier alpha value is -1.65. The number of carbonyl (C=O) groups excluding carboxylic acids is 1. The van der Waals surface area contributed by atoms with Gasteiger partial charge in [0.25, 0.3) is 5.91 Å². The number of amides is 1. The number of carbonyl (C=O) groups is 1. The number of anilines is 1. The Morgan fingerprint density at radius 1 is 1.22 bits per heavy atom. The van der Waals surface area contributed by atoms with Gasteiger partial charge in [0.05, 0.1) is 11.9 Å². The summed E-state index contributed by atoms with van der Waals surface area (Å²) in [5.74, 6) is -0.272. The third-order valence-electron chi connectivity index (χ3n) is 2.31. The molecule has 0 bridgehead atoms. The van der Waals surface area contributed by atoms with Crippen LogP contribution < -0.4 is 5.32 Å². The summed E-state index contributed by atoms with van der Waals surface area (Å²) in [7, 11) is 0. The van der Waals surface area contributed by atoms with Crippen molar-refractivity contribution >= 4 is 34.8 Å². The molecule has 92 valence electrons. The summed E-state index contributed by atoms with van der Waals surface area (Å²) in [6.07, 6.45) is 2.99. The molecule has 2 rings (SSSR count). The van der Waals surface area contributed by atoms with Gasteiger partial charge in [-0.2, -0.15) is 0 Å². The van der Waals surface area contributed by atoms with Crippen LogP contribution in [0.5, 0.6) is 0 Å². The number of rotatable bonds is 2. The molecule has 2 aromatic rings. The monoisotopic (exact) mass is 281 g/mol. The largest absolute Gasteiger partial charge is 0.320 e. The highest BCUT2D eigenvalue weighted by molar-refractivity contribution is 6.30. The van der Waals surface area contributed by atoms with Crippen molar-refractivity contribution in [1.29, 1.82) is 0 Å². The highest BCUT2D eigenvalue weighted by Crippen LogP contribution is 2.18. The predicted molar refractivity (Wildman–Crippen MR) is 71.2 cm³/mol. The number of aryl methyl sites for hydroxylation is 1. The summed E-state index contributed by atoms with van der Waals surface area (Å²) in [6, 6.07) is 4.76. The van der Waals surface area contributed by atoms with Gasteiger partial charge in [-0.05, 0) is 30.7 Å². The Balaban J connectivity index is 2.21. The second-order valence-corrected chi connectivity index (χ2v) is 4.42. The number of aromatic nitrogens is 2. The molecule has 0 aliphatic heterocycles. The Labute approximate surface area is 114 Å². The highest BCUT2D eigenvalue weighted by atomic mass is 35.5. The lowest BCUT2D eigenvalue weighted by atomic mass is 10.2. The second kappa shape index (κ2) is 5.33. The molecular formula is C12H9Cl2N3O. The Kier molecular flexibility index (Phi) is 3.79. The van der Waals surface area contributed by atoms with Crippen LogP contribution in [-0.2, 0) is 0 Å². The van der Waals surface area contributed by atoms with E-state index in [9.17, 15) is 4.79 Å². The summed E-state index contributed by atoms with van der Waals surface area (Å²) >= 11 is 11.5. The van der Waals surface area contributed by atoms with Gasteiger partial charge in [-0.15, -0.1) is 0 Å². The van der Waals surface area contributed by atoms with Crippen LogP contribution in [-0.4, -0.2) is 15.9 Å². The van der Waals surface area contributed by atoms with Crippen molar-refractivity contribution in [2.24, 2.45) is 0 Å². The first-order valence-corrected chi connectivity index (χ1v) is 5.87. The van der Waals surface area contributed by atoms with Crippen molar-refractivity contribution < 1.29 is 4.79 Å². The zero-order valence-electron chi connectivity index (χ0n) is 9.45. The zero-order chi connectivity index (χ0) is 13.1. The molecule has 1 amide bonds. The first-order valence-electron chi connectivity index (χ1n) is 5.11. The van der Waals surface area contributed by atoms with Crippen molar-refractivity contribution in [3.8, 4) is 0 Å². The fraction of sp³-hybridized carbons (Fsp3) is 0.0833. The van der Waals surface area contributed by atoms with E-state index < -0.39 is 0 Å². The van der Waals surface area contributed by atoms with Crippen LogP contribution in [0.2, 0.25) is 10.3 Å². The van der Waals surface area contributed by atoms with Gasteiger partial charge in [0.2, 0.25) is 0 Å². The van der Waals surface area contributed by atoms with E-state index in [0.29, 0.717) is 16.4 Å². The van der Waals surface area contributed by atoms with Crippen LogP contribution >= 0.6 is 23.2 Å². The van der Waals surface area contributed by atoms with Crippen molar-refractivity contribution in [3.63, 3.8) is 0 Å². The van der Waals surface area contributed by atoms with E-state index in [0.717, 1.165) is 5.56 Å². The number of nitrogens with one attached hydrogen (secondary N) is 1. The summed E-state index contributed by atoms with van der Waals surface area (Å²) in [5, 5.41) is 3.39. The summed E-state index contributed by atoms with van der Waals surface area (Å²) in [6.45, 7) is 1.84. The van der Waals surface area contributed by atoms with Gasteiger partial charge in [0.15, 0.2) is 0 Å². The van der Waals surface area contributed by atoms with Gasteiger partial charge in [-0.3, -0.25) is 4.79 Å². The quantitative estimate of drug-likeness (QED) is 0.859. The Morgan fingerprint density at radius 3 is 2.61 bits per heavy atom. The standard InChI is InChI=1S/C12H9Cl2N3O/c1-7-4-10(13)16-6-9(7)17-12(18)8-2-3-15-11(14)5-8/h2-6H,1H3,(H,17,18). The lowest BCUT2D eigenvalue weighted by Crippen LogP contribution is -2.13. The van der Waals surface area contributed by atoms with E-state index in [1.165, 1.54) is 18.5 Å². The van der Waals surface area contributed by atoms with Crippen molar-refractivity contribution in [2.75, 3.05) is 5.32 Å². The van der Waals surface area contributed by atoms with E-state index in [1.54, 1.807) is 12.1 Å². The molecule has 2 heterocycles. The molecule has 4 nitrogen and oxygen atoms in total. The average Bonchev–Trinajstić information content (AvgIpc) is 2.32. The van der Waals surface area contributed by atoms with Crippen LogP contribution in [0, 0.1) is 6.92 Å². The fourth-order valence-electron chi connectivity index (χ4n) is 1.39. The maximum Gasteiger partial charge on any atom is 0.255 e. The molecule has 0 aromatic carbocycles. The van der Waals surface area contributed by atoms with Crippen molar-refractivity contribution in [3.05, 3.63) is 52.0 Å². The van der Waals surface area contributed by atoms with Gasteiger partial charge in [0.1, 0.15) is 10.3 Å². The van der Waals surface area contributed by atoms with E-state index in [4.69, 9.17) is 23.2 Å². The van der Waals surface area contributed by atoms with Crippen molar-refractivity contribution in [1.82, 2.24) is 9.97 Å².